The first-order chi connectivity index (χ1) is 10.5. The molecule has 1 aromatic carbocycles. The highest BCUT2D eigenvalue weighted by Gasteiger charge is 2.29. The first-order valence-corrected chi connectivity index (χ1v) is 7.95. The number of hydrogen-bond donors (Lipinski definition) is 1. The van der Waals surface area contributed by atoms with Crippen LogP contribution in [0.3, 0.4) is 0 Å². The monoisotopic (exact) mass is 318 g/mol. The molecule has 1 N–H and O–H groups in total. The smallest absolute Gasteiger partial charge is 0.273 e. The predicted molar refractivity (Wildman–Crippen MR) is 85.0 cm³/mol. The number of carbonyl (C=O) groups is 1. The molecule has 1 aliphatic carbocycles. The number of amides is 1. The summed E-state index contributed by atoms with van der Waals surface area (Å²) in [4.78, 5) is 12.4. The molecule has 2 aromatic rings. The molecule has 0 bridgehead atoms. The third kappa shape index (κ3) is 3.33. The molecular formula is C17H19ClN2O2. The lowest BCUT2D eigenvalue weighted by Gasteiger charge is -2.22. The average molecular weight is 319 g/mol. The van der Waals surface area contributed by atoms with Crippen molar-refractivity contribution in [2.24, 2.45) is 5.92 Å². The maximum absolute atomic E-state index is 12.4. The molecule has 0 saturated heterocycles. The van der Waals surface area contributed by atoms with Crippen LogP contribution in [0.25, 0.3) is 0 Å². The minimum absolute atomic E-state index is 0.0918. The Hall–Kier alpha value is -1.81. The molecule has 1 atom stereocenters. The van der Waals surface area contributed by atoms with Gasteiger partial charge in [0, 0.05) is 17.0 Å². The molecule has 1 amide bonds. The van der Waals surface area contributed by atoms with Crippen LogP contribution < -0.4 is 5.32 Å². The highest BCUT2D eigenvalue weighted by Crippen LogP contribution is 2.40. The molecule has 0 aliphatic heterocycles. The van der Waals surface area contributed by atoms with E-state index in [0.29, 0.717) is 16.6 Å². The molecule has 1 aromatic heterocycles. The van der Waals surface area contributed by atoms with Gasteiger partial charge in [-0.3, -0.25) is 4.79 Å². The topological polar surface area (TPSA) is 55.1 Å². The highest BCUT2D eigenvalue weighted by atomic mass is 35.5. The maximum Gasteiger partial charge on any atom is 0.273 e. The Balaban J connectivity index is 1.74. The minimum atomic E-state index is -0.204. The van der Waals surface area contributed by atoms with Crippen molar-refractivity contribution in [2.75, 3.05) is 0 Å². The van der Waals surface area contributed by atoms with Gasteiger partial charge >= 0.3 is 0 Å². The van der Waals surface area contributed by atoms with Gasteiger partial charge in [-0.05, 0) is 36.5 Å². The number of benzene rings is 1. The van der Waals surface area contributed by atoms with Gasteiger partial charge in [0.1, 0.15) is 5.76 Å². The quantitative estimate of drug-likeness (QED) is 0.892. The predicted octanol–water partition coefficient (Wildman–Crippen LogP) is 4.33. The molecule has 4 nitrogen and oxygen atoms in total. The molecule has 5 heteroatoms. The van der Waals surface area contributed by atoms with Crippen molar-refractivity contribution in [3.8, 4) is 0 Å². The van der Waals surface area contributed by atoms with Gasteiger partial charge < -0.3 is 9.84 Å². The van der Waals surface area contributed by atoms with Crippen LogP contribution in [0.5, 0.6) is 0 Å². The summed E-state index contributed by atoms with van der Waals surface area (Å²) in [5.41, 5.74) is 1.38. The van der Waals surface area contributed by atoms with Crippen LogP contribution in [0, 0.1) is 5.92 Å². The third-order valence-electron chi connectivity index (χ3n) is 3.92. The van der Waals surface area contributed by atoms with Gasteiger partial charge in [0.05, 0.1) is 6.04 Å². The van der Waals surface area contributed by atoms with Gasteiger partial charge in [-0.1, -0.05) is 42.7 Å². The van der Waals surface area contributed by atoms with E-state index in [1.54, 1.807) is 6.07 Å². The van der Waals surface area contributed by atoms with Crippen LogP contribution >= 0.6 is 11.6 Å². The van der Waals surface area contributed by atoms with E-state index in [2.05, 4.69) is 24.3 Å². The summed E-state index contributed by atoms with van der Waals surface area (Å²) in [7, 11) is 0. The van der Waals surface area contributed by atoms with Crippen LogP contribution in [0.2, 0.25) is 5.02 Å². The Morgan fingerprint density at radius 1 is 1.32 bits per heavy atom. The Kier molecular flexibility index (Phi) is 4.21. The van der Waals surface area contributed by atoms with Crippen LogP contribution in [0.15, 0.2) is 34.9 Å². The molecular weight excluding hydrogens is 300 g/mol. The van der Waals surface area contributed by atoms with Crippen molar-refractivity contribution < 1.29 is 9.32 Å². The van der Waals surface area contributed by atoms with E-state index in [1.807, 2.05) is 24.3 Å². The zero-order valence-corrected chi connectivity index (χ0v) is 13.4. The zero-order valence-electron chi connectivity index (χ0n) is 12.7. The standard InChI is InChI=1S/C17H19ClN2O2/c1-10(2)16(12-5-7-13(18)8-6-12)19-17(21)14-9-15(22-20-14)11-3-4-11/h5-11,16H,3-4H2,1-2H3,(H,19,21)/t16-/m0/s1. The number of aromatic nitrogens is 1. The molecule has 3 rings (SSSR count). The normalized spacial score (nSPS) is 15.8. The van der Waals surface area contributed by atoms with Gasteiger partial charge in [0.15, 0.2) is 5.69 Å². The number of hydrogen-bond acceptors (Lipinski definition) is 3. The Bertz CT molecular complexity index is 660. The minimum Gasteiger partial charge on any atom is -0.360 e. The number of rotatable bonds is 5. The summed E-state index contributed by atoms with van der Waals surface area (Å²) in [5.74, 6) is 1.31. The first-order valence-electron chi connectivity index (χ1n) is 7.57. The van der Waals surface area contributed by atoms with E-state index in [-0.39, 0.29) is 17.9 Å². The van der Waals surface area contributed by atoms with E-state index < -0.39 is 0 Å². The Morgan fingerprint density at radius 3 is 2.59 bits per heavy atom. The number of halogens is 1. The number of nitrogens with one attached hydrogen (secondary N) is 1. The van der Waals surface area contributed by atoms with E-state index >= 15 is 0 Å². The molecule has 0 radical (unpaired) electrons. The van der Waals surface area contributed by atoms with E-state index in [4.69, 9.17) is 16.1 Å². The van der Waals surface area contributed by atoms with Gasteiger partial charge in [-0.15, -0.1) is 0 Å². The fourth-order valence-corrected chi connectivity index (χ4v) is 2.60. The first kappa shape index (κ1) is 15.1. The summed E-state index contributed by atoms with van der Waals surface area (Å²) >= 11 is 5.93. The molecule has 1 fully saturated rings. The molecule has 1 heterocycles. The van der Waals surface area contributed by atoms with E-state index in [0.717, 1.165) is 24.2 Å². The fourth-order valence-electron chi connectivity index (χ4n) is 2.48. The van der Waals surface area contributed by atoms with Crippen LogP contribution in [-0.4, -0.2) is 11.1 Å². The van der Waals surface area contributed by atoms with Crippen molar-refractivity contribution >= 4 is 17.5 Å². The molecule has 1 aliphatic rings. The zero-order chi connectivity index (χ0) is 15.7. The summed E-state index contributed by atoms with van der Waals surface area (Å²) in [5, 5.41) is 7.61. The number of carbonyl (C=O) groups excluding carboxylic acids is 1. The lowest BCUT2D eigenvalue weighted by molar-refractivity contribution is 0.0916. The van der Waals surface area contributed by atoms with Crippen molar-refractivity contribution in [1.82, 2.24) is 10.5 Å². The van der Waals surface area contributed by atoms with Crippen molar-refractivity contribution in [3.63, 3.8) is 0 Å². The summed E-state index contributed by atoms with van der Waals surface area (Å²) in [6, 6.07) is 9.20. The SMILES string of the molecule is CC(C)[C@H](NC(=O)c1cc(C2CC2)on1)c1ccc(Cl)cc1. The second-order valence-corrected chi connectivity index (χ2v) is 6.57. The molecule has 1 saturated carbocycles. The number of nitrogens with zero attached hydrogens (tertiary/aromatic N) is 1. The molecule has 0 spiro atoms. The fraction of sp³-hybridized carbons (Fsp3) is 0.412. The Morgan fingerprint density at radius 2 is 2.00 bits per heavy atom. The highest BCUT2D eigenvalue weighted by molar-refractivity contribution is 6.30. The maximum atomic E-state index is 12.4. The van der Waals surface area contributed by atoms with Gasteiger partial charge in [-0.25, -0.2) is 0 Å². The third-order valence-corrected chi connectivity index (χ3v) is 4.18. The summed E-state index contributed by atoms with van der Waals surface area (Å²) < 4.78 is 5.24. The van der Waals surface area contributed by atoms with Gasteiger partial charge in [0.2, 0.25) is 0 Å². The Labute approximate surface area is 134 Å². The average Bonchev–Trinajstić information content (AvgIpc) is 3.22. The molecule has 0 unspecified atom stereocenters. The van der Waals surface area contributed by atoms with Gasteiger partial charge in [0.25, 0.3) is 5.91 Å². The second kappa shape index (κ2) is 6.13. The summed E-state index contributed by atoms with van der Waals surface area (Å²) in [6.07, 6.45) is 2.24. The van der Waals surface area contributed by atoms with E-state index in [1.165, 1.54) is 0 Å². The summed E-state index contributed by atoms with van der Waals surface area (Å²) in [6.45, 7) is 4.13. The van der Waals surface area contributed by atoms with Gasteiger partial charge in [-0.2, -0.15) is 0 Å². The van der Waals surface area contributed by atoms with E-state index in [9.17, 15) is 4.79 Å². The largest absolute Gasteiger partial charge is 0.360 e. The van der Waals surface area contributed by atoms with Crippen LogP contribution in [0.4, 0.5) is 0 Å². The van der Waals surface area contributed by atoms with Crippen LogP contribution in [-0.2, 0) is 0 Å². The molecule has 22 heavy (non-hydrogen) atoms. The van der Waals surface area contributed by atoms with Crippen molar-refractivity contribution in [1.29, 1.82) is 0 Å². The second-order valence-electron chi connectivity index (χ2n) is 6.14. The lowest BCUT2D eigenvalue weighted by atomic mass is 9.96. The lowest BCUT2D eigenvalue weighted by Crippen LogP contribution is -2.31. The van der Waals surface area contributed by atoms with Crippen molar-refractivity contribution in [3.05, 3.63) is 52.4 Å². The van der Waals surface area contributed by atoms with Crippen LogP contribution in [0.1, 0.15) is 60.5 Å². The molecule has 116 valence electrons. The van der Waals surface area contributed by atoms with Crippen molar-refractivity contribution in [2.45, 2.75) is 38.6 Å².